The Bertz CT molecular complexity index is 1600. The summed E-state index contributed by atoms with van der Waals surface area (Å²) in [6.45, 7) is 4.09. The molecule has 0 saturated heterocycles. The van der Waals surface area contributed by atoms with Crippen molar-refractivity contribution in [1.82, 2.24) is 9.55 Å². The van der Waals surface area contributed by atoms with Crippen LogP contribution in [0.25, 0.3) is 45.8 Å². The van der Waals surface area contributed by atoms with Gasteiger partial charge in [0.05, 0.1) is 11.4 Å². The van der Waals surface area contributed by atoms with Gasteiger partial charge in [0.1, 0.15) is 41.2 Å². The molecule has 0 aliphatic rings. The number of hydrogen-bond donors (Lipinski definition) is 0. The molecule has 35 heavy (non-hydrogen) atoms. The van der Waals surface area contributed by atoms with Crippen LogP contribution in [0.3, 0.4) is 0 Å². The summed E-state index contributed by atoms with van der Waals surface area (Å²) in [5, 5.41) is 36.5. The van der Waals surface area contributed by atoms with E-state index in [9.17, 15) is 0 Å². The summed E-state index contributed by atoms with van der Waals surface area (Å²) in [7, 11) is 0. The van der Waals surface area contributed by atoms with Crippen molar-refractivity contribution in [2.24, 2.45) is 0 Å². The smallest absolute Gasteiger partial charge is 0.163 e. The van der Waals surface area contributed by atoms with E-state index in [4.69, 9.17) is 29.9 Å². The molecule has 4 rings (SSSR count). The number of nitrogens with zero attached hydrogens (tertiary/aromatic N) is 6. The molecular formula is C26H16N6O2S. The molecule has 0 aromatic carbocycles. The number of hydrogen-bond acceptors (Lipinski definition) is 8. The lowest BCUT2D eigenvalue weighted by Crippen LogP contribution is -2.04. The van der Waals surface area contributed by atoms with Crippen LogP contribution >= 0.6 is 11.3 Å². The van der Waals surface area contributed by atoms with Crippen molar-refractivity contribution < 1.29 is 8.83 Å². The van der Waals surface area contributed by atoms with E-state index in [2.05, 4.69) is 9.55 Å². The zero-order chi connectivity index (χ0) is 24.9. The van der Waals surface area contributed by atoms with Crippen molar-refractivity contribution in [3.05, 3.63) is 64.4 Å². The third-order valence-corrected chi connectivity index (χ3v) is 5.92. The van der Waals surface area contributed by atoms with Crippen LogP contribution in [0, 0.1) is 45.3 Å². The Kier molecular flexibility index (Phi) is 6.47. The van der Waals surface area contributed by atoms with E-state index >= 15 is 0 Å². The molecule has 0 spiro atoms. The van der Waals surface area contributed by atoms with E-state index in [-0.39, 0.29) is 17.2 Å². The van der Waals surface area contributed by atoms with Gasteiger partial charge in [0, 0.05) is 23.2 Å². The molecule has 0 N–H and O–H groups in total. The zero-order valence-electron chi connectivity index (χ0n) is 18.7. The minimum atomic E-state index is -0.0359. The Hall–Kier alpha value is -5.09. The van der Waals surface area contributed by atoms with Crippen LogP contribution in [0.5, 0.6) is 0 Å². The number of aromatic nitrogens is 2. The molecule has 4 aromatic rings. The van der Waals surface area contributed by atoms with Gasteiger partial charge in [-0.1, -0.05) is 0 Å². The maximum Gasteiger partial charge on any atom is 0.163 e. The number of furan rings is 2. The quantitative estimate of drug-likeness (QED) is 0.286. The molecule has 0 unspecified atom stereocenters. The van der Waals surface area contributed by atoms with E-state index < -0.39 is 0 Å². The van der Waals surface area contributed by atoms with Crippen LogP contribution in [0.15, 0.2) is 62.6 Å². The Morgan fingerprint density at radius 1 is 0.829 bits per heavy atom. The summed E-state index contributed by atoms with van der Waals surface area (Å²) in [6.07, 6.45) is 4.49. The first-order valence-electron chi connectivity index (χ1n) is 10.4. The van der Waals surface area contributed by atoms with Gasteiger partial charge >= 0.3 is 0 Å². The summed E-state index contributed by atoms with van der Waals surface area (Å²) in [5.74, 6) is 2.23. The number of nitriles is 4. The van der Waals surface area contributed by atoms with Gasteiger partial charge in [-0.25, -0.2) is 4.98 Å². The fraction of sp³-hybridized carbons (Fsp3) is 0.115. The van der Waals surface area contributed by atoms with Crippen molar-refractivity contribution >= 4 is 23.5 Å². The van der Waals surface area contributed by atoms with Crippen LogP contribution in [0.1, 0.15) is 30.5 Å². The summed E-state index contributed by atoms with van der Waals surface area (Å²) in [5.41, 5.74) is 1.64. The fourth-order valence-electron chi connectivity index (χ4n) is 3.50. The molecule has 0 aliphatic carbocycles. The second-order valence-corrected chi connectivity index (χ2v) is 8.63. The molecule has 4 aromatic heterocycles. The highest BCUT2D eigenvalue weighted by Gasteiger charge is 2.20. The third kappa shape index (κ3) is 4.68. The average Bonchev–Trinajstić information content (AvgIpc) is 3.66. The van der Waals surface area contributed by atoms with Crippen molar-refractivity contribution in [2.45, 2.75) is 19.9 Å². The highest BCUT2D eigenvalue weighted by atomic mass is 32.1. The van der Waals surface area contributed by atoms with E-state index in [1.165, 1.54) is 23.5 Å². The minimum Gasteiger partial charge on any atom is -0.455 e. The van der Waals surface area contributed by atoms with Crippen LogP contribution in [0.4, 0.5) is 0 Å². The van der Waals surface area contributed by atoms with Gasteiger partial charge in [-0.15, -0.1) is 11.3 Å². The first-order chi connectivity index (χ1) is 17.0. The maximum absolute atomic E-state index is 8.98. The van der Waals surface area contributed by atoms with Crippen LogP contribution in [0.2, 0.25) is 0 Å². The second kappa shape index (κ2) is 9.81. The molecule has 0 amide bonds. The summed E-state index contributed by atoms with van der Waals surface area (Å²) < 4.78 is 14.1. The van der Waals surface area contributed by atoms with Crippen LogP contribution < -0.4 is 0 Å². The van der Waals surface area contributed by atoms with E-state index in [1.54, 1.807) is 18.3 Å². The Morgan fingerprint density at radius 2 is 1.40 bits per heavy atom. The first kappa shape index (κ1) is 23.1. The summed E-state index contributed by atoms with van der Waals surface area (Å²) in [6, 6.07) is 18.5. The molecule has 0 atom stereocenters. The maximum atomic E-state index is 8.98. The molecule has 0 bridgehead atoms. The van der Waals surface area contributed by atoms with Gasteiger partial charge in [-0.2, -0.15) is 21.0 Å². The molecule has 9 heteroatoms. The van der Waals surface area contributed by atoms with Gasteiger partial charge in [-0.05, 0) is 56.3 Å². The molecule has 8 nitrogen and oxygen atoms in total. The molecule has 0 fully saturated rings. The zero-order valence-corrected chi connectivity index (χ0v) is 19.5. The summed E-state index contributed by atoms with van der Waals surface area (Å²) in [4.78, 5) is 5.04. The van der Waals surface area contributed by atoms with Gasteiger partial charge in [0.2, 0.25) is 0 Å². The monoisotopic (exact) mass is 476 g/mol. The molecular weight excluding hydrogens is 460 g/mol. The van der Waals surface area contributed by atoms with Crippen LogP contribution in [-0.2, 0) is 0 Å². The molecule has 0 aliphatic heterocycles. The van der Waals surface area contributed by atoms with Crippen molar-refractivity contribution in [1.29, 1.82) is 21.0 Å². The lowest BCUT2D eigenvalue weighted by atomic mass is 10.2. The highest BCUT2D eigenvalue weighted by Crippen LogP contribution is 2.36. The molecule has 0 radical (unpaired) electrons. The Morgan fingerprint density at radius 3 is 2.03 bits per heavy atom. The normalized spacial score (nSPS) is 10.1. The molecule has 4 heterocycles. The Labute approximate surface area is 205 Å². The minimum absolute atomic E-state index is 0.00988. The van der Waals surface area contributed by atoms with Crippen molar-refractivity contribution in [3.63, 3.8) is 0 Å². The van der Waals surface area contributed by atoms with Gasteiger partial charge in [0.25, 0.3) is 0 Å². The molecule has 168 valence electrons. The Balaban J connectivity index is 1.68. The summed E-state index contributed by atoms with van der Waals surface area (Å²) >= 11 is 1.32. The van der Waals surface area contributed by atoms with E-state index in [0.29, 0.717) is 32.9 Å². The lowest BCUT2D eigenvalue weighted by molar-refractivity contribution is 0.542. The average molecular weight is 477 g/mol. The SMILES string of the molecule is CC(C)n1c(-c2ccc(C=C(C#N)C#N)o2)ccc1-c1ccc(-c2ncc(C=C(C#N)C#N)s2)o1. The van der Waals surface area contributed by atoms with Gasteiger partial charge in [0.15, 0.2) is 22.3 Å². The van der Waals surface area contributed by atoms with E-state index in [1.807, 2.05) is 62.4 Å². The number of rotatable bonds is 6. The number of allylic oxidation sites excluding steroid dienone is 2. The first-order valence-corrected chi connectivity index (χ1v) is 11.2. The van der Waals surface area contributed by atoms with Crippen molar-refractivity contribution in [2.75, 3.05) is 0 Å². The predicted octanol–water partition coefficient (Wildman–Crippen LogP) is 6.57. The largest absolute Gasteiger partial charge is 0.455 e. The second-order valence-electron chi connectivity index (χ2n) is 7.56. The highest BCUT2D eigenvalue weighted by molar-refractivity contribution is 7.15. The lowest BCUT2D eigenvalue weighted by Gasteiger charge is -2.15. The topological polar surface area (TPSA) is 139 Å². The van der Waals surface area contributed by atoms with Gasteiger partial charge < -0.3 is 13.4 Å². The van der Waals surface area contributed by atoms with Crippen molar-refractivity contribution in [3.8, 4) is 58.0 Å². The van der Waals surface area contributed by atoms with E-state index in [0.717, 1.165) is 11.4 Å². The predicted molar refractivity (Wildman–Crippen MR) is 130 cm³/mol. The fourth-order valence-corrected chi connectivity index (χ4v) is 4.32. The van der Waals surface area contributed by atoms with Crippen LogP contribution in [-0.4, -0.2) is 9.55 Å². The molecule has 0 saturated carbocycles. The third-order valence-electron chi connectivity index (χ3n) is 4.96. The van der Waals surface area contributed by atoms with Gasteiger partial charge in [-0.3, -0.25) is 0 Å². The standard InChI is InChI=1S/C26H16N6O2S/c1-16(2)32-21(23-6-3-19(33-23)9-17(11-27)12-28)4-5-22(32)24-7-8-25(34-24)26-31-15-20(35-26)10-18(13-29)14-30/h3-10,15-16H,1-2H3. The number of thiazole rings is 1.